The van der Waals surface area contributed by atoms with Crippen LogP contribution in [0.3, 0.4) is 0 Å². The summed E-state index contributed by atoms with van der Waals surface area (Å²) in [5.41, 5.74) is 5.77. The van der Waals surface area contributed by atoms with Crippen LogP contribution in [0, 0.1) is 5.92 Å². The van der Waals surface area contributed by atoms with E-state index in [1.165, 1.54) is 31.1 Å². The highest BCUT2D eigenvalue weighted by molar-refractivity contribution is 5.90. The van der Waals surface area contributed by atoms with E-state index in [-0.39, 0.29) is 11.4 Å². The number of rotatable bonds is 3. The summed E-state index contributed by atoms with van der Waals surface area (Å²) in [5, 5.41) is 3.76. The Hall–Kier alpha value is -2.59. The fraction of sp³-hybridized carbons (Fsp3) is 0.400. The Morgan fingerprint density at radius 2 is 1.93 bits per heavy atom. The van der Waals surface area contributed by atoms with Gasteiger partial charge in [0, 0.05) is 28.5 Å². The lowest BCUT2D eigenvalue weighted by molar-refractivity contribution is 0.0601. The molecule has 4 heteroatoms. The van der Waals surface area contributed by atoms with E-state index in [4.69, 9.17) is 9.47 Å². The molecule has 0 saturated carbocycles. The summed E-state index contributed by atoms with van der Waals surface area (Å²) in [6, 6.07) is 12.6. The van der Waals surface area contributed by atoms with Gasteiger partial charge in [-0.2, -0.15) is 0 Å². The Morgan fingerprint density at radius 3 is 2.69 bits per heavy atom. The predicted octanol–water partition coefficient (Wildman–Crippen LogP) is 4.27. The van der Waals surface area contributed by atoms with E-state index < -0.39 is 0 Å². The molecular weight excluding hydrogens is 362 g/mol. The summed E-state index contributed by atoms with van der Waals surface area (Å²) in [7, 11) is 3.18. The van der Waals surface area contributed by atoms with Gasteiger partial charge >= 0.3 is 5.97 Å². The van der Waals surface area contributed by atoms with Crippen LogP contribution in [0.1, 0.15) is 40.7 Å². The third-order valence-electron chi connectivity index (χ3n) is 7.19. The SMILES string of the molecule is COC(=O)c1ccc(-c2ccc3c(c2OC)C[C@H]2NCC[C@@]34CCC=C[C@@H]24)cc1. The largest absolute Gasteiger partial charge is 0.496 e. The summed E-state index contributed by atoms with van der Waals surface area (Å²) >= 11 is 0. The van der Waals surface area contributed by atoms with Gasteiger partial charge in [-0.1, -0.05) is 36.4 Å². The second kappa shape index (κ2) is 7.03. The summed E-state index contributed by atoms with van der Waals surface area (Å²) in [4.78, 5) is 11.8. The molecule has 29 heavy (non-hydrogen) atoms. The zero-order valence-corrected chi connectivity index (χ0v) is 17.0. The van der Waals surface area contributed by atoms with E-state index in [0.29, 0.717) is 17.5 Å². The second-order valence-electron chi connectivity index (χ2n) is 8.40. The number of carbonyl (C=O) groups excluding carboxylic acids is 1. The van der Waals surface area contributed by atoms with Crippen LogP contribution in [0.5, 0.6) is 5.75 Å². The molecule has 0 aromatic heterocycles. The van der Waals surface area contributed by atoms with Crippen LogP contribution >= 0.6 is 0 Å². The Labute approximate surface area is 171 Å². The first-order valence-corrected chi connectivity index (χ1v) is 10.5. The summed E-state index contributed by atoms with van der Waals surface area (Å²) in [6.45, 7) is 1.09. The smallest absolute Gasteiger partial charge is 0.337 e. The van der Waals surface area contributed by atoms with Gasteiger partial charge in [0.15, 0.2) is 0 Å². The van der Waals surface area contributed by atoms with E-state index in [1.54, 1.807) is 7.11 Å². The van der Waals surface area contributed by atoms with Gasteiger partial charge in [-0.15, -0.1) is 0 Å². The molecule has 150 valence electrons. The minimum Gasteiger partial charge on any atom is -0.496 e. The van der Waals surface area contributed by atoms with Gasteiger partial charge < -0.3 is 14.8 Å². The van der Waals surface area contributed by atoms with Crippen LogP contribution in [0.4, 0.5) is 0 Å². The number of esters is 1. The third-order valence-corrected chi connectivity index (χ3v) is 7.19. The zero-order chi connectivity index (χ0) is 20.0. The van der Waals surface area contributed by atoms with Crippen molar-refractivity contribution in [1.82, 2.24) is 5.32 Å². The predicted molar refractivity (Wildman–Crippen MR) is 113 cm³/mol. The van der Waals surface area contributed by atoms with Crippen molar-refractivity contribution in [2.45, 2.75) is 37.1 Å². The Morgan fingerprint density at radius 1 is 1.10 bits per heavy atom. The van der Waals surface area contributed by atoms with Crippen molar-refractivity contribution >= 4 is 5.97 Å². The summed E-state index contributed by atoms with van der Waals surface area (Å²) in [5.74, 6) is 1.24. The van der Waals surface area contributed by atoms with Gasteiger partial charge in [-0.25, -0.2) is 4.79 Å². The van der Waals surface area contributed by atoms with Crippen molar-refractivity contribution < 1.29 is 14.3 Å². The summed E-state index contributed by atoms with van der Waals surface area (Å²) in [6.07, 6.45) is 9.36. The molecular formula is C25H27NO3. The van der Waals surface area contributed by atoms with E-state index in [1.807, 2.05) is 24.3 Å². The van der Waals surface area contributed by atoms with Crippen molar-refractivity contribution in [3.05, 3.63) is 65.2 Å². The van der Waals surface area contributed by atoms with E-state index in [2.05, 4.69) is 29.6 Å². The highest BCUT2D eigenvalue weighted by Gasteiger charge is 2.51. The monoisotopic (exact) mass is 389 g/mol. The second-order valence-corrected chi connectivity index (χ2v) is 8.40. The molecule has 0 spiro atoms. The Bertz CT molecular complexity index is 978. The average Bonchev–Trinajstić information content (AvgIpc) is 2.77. The number of methoxy groups -OCH3 is 2. The fourth-order valence-electron chi connectivity index (χ4n) is 5.88. The zero-order valence-electron chi connectivity index (χ0n) is 17.0. The highest BCUT2D eigenvalue weighted by Crippen LogP contribution is 2.54. The first-order chi connectivity index (χ1) is 14.2. The number of benzene rings is 2. The van der Waals surface area contributed by atoms with E-state index in [9.17, 15) is 4.79 Å². The minimum absolute atomic E-state index is 0.235. The molecule has 2 aliphatic carbocycles. The van der Waals surface area contributed by atoms with Crippen molar-refractivity contribution in [3.63, 3.8) is 0 Å². The molecule has 0 amide bonds. The molecule has 2 aromatic carbocycles. The number of carbonyl (C=O) groups is 1. The Kier molecular flexibility index (Phi) is 4.47. The minimum atomic E-state index is -0.316. The number of hydrogen-bond acceptors (Lipinski definition) is 4. The first-order valence-electron chi connectivity index (χ1n) is 10.5. The molecule has 5 rings (SSSR count). The van der Waals surface area contributed by atoms with E-state index in [0.717, 1.165) is 36.3 Å². The molecule has 1 heterocycles. The lowest BCUT2D eigenvalue weighted by atomic mass is 9.54. The number of fused-ring (bicyclic) bond motifs is 1. The quantitative estimate of drug-likeness (QED) is 0.629. The lowest BCUT2D eigenvalue weighted by Crippen LogP contribution is -2.58. The van der Waals surface area contributed by atoms with Gasteiger partial charge in [0.25, 0.3) is 0 Å². The molecule has 4 nitrogen and oxygen atoms in total. The fourth-order valence-corrected chi connectivity index (χ4v) is 5.88. The van der Waals surface area contributed by atoms with Crippen molar-refractivity contribution in [1.29, 1.82) is 0 Å². The molecule has 1 aliphatic heterocycles. The maximum atomic E-state index is 11.8. The van der Waals surface area contributed by atoms with Crippen LogP contribution < -0.4 is 10.1 Å². The molecule has 3 atom stereocenters. The van der Waals surface area contributed by atoms with Crippen molar-refractivity contribution in [3.8, 4) is 16.9 Å². The molecule has 0 unspecified atom stereocenters. The highest BCUT2D eigenvalue weighted by atomic mass is 16.5. The first kappa shape index (κ1) is 18.4. The van der Waals surface area contributed by atoms with E-state index >= 15 is 0 Å². The van der Waals surface area contributed by atoms with Crippen molar-refractivity contribution in [2.75, 3.05) is 20.8 Å². The number of nitrogens with one attached hydrogen (secondary N) is 1. The van der Waals surface area contributed by atoms with Crippen LogP contribution in [0.2, 0.25) is 0 Å². The van der Waals surface area contributed by atoms with Crippen LogP contribution in [-0.2, 0) is 16.6 Å². The number of allylic oxidation sites excluding steroid dienone is 1. The molecule has 1 saturated heterocycles. The molecule has 2 bridgehead atoms. The maximum absolute atomic E-state index is 11.8. The third kappa shape index (κ3) is 2.73. The van der Waals surface area contributed by atoms with Crippen LogP contribution in [0.15, 0.2) is 48.6 Å². The molecule has 2 aromatic rings. The topological polar surface area (TPSA) is 47.6 Å². The van der Waals surface area contributed by atoms with Gasteiger partial charge in [-0.3, -0.25) is 0 Å². The number of piperidine rings is 1. The van der Waals surface area contributed by atoms with Gasteiger partial charge in [-0.05, 0) is 55.5 Å². The van der Waals surface area contributed by atoms with Crippen LogP contribution in [0.25, 0.3) is 11.1 Å². The van der Waals surface area contributed by atoms with Crippen LogP contribution in [-0.4, -0.2) is 32.8 Å². The number of hydrogen-bond donors (Lipinski definition) is 1. The standard InChI is InChI=1S/C25H27NO3/c1-28-23-18(16-6-8-17(9-7-16)24(27)29-2)10-11-20-19(23)15-22-21-5-3-4-12-25(20,21)13-14-26-22/h3,5-11,21-22,26H,4,12-15H2,1-2H3/t21-,22+,25-/m0/s1. The molecule has 3 aliphatic rings. The maximum Gasteiger partial charge on any atom is 0.337 e. The normalized spacial score (nSPS) is 27.0. The Balaban J connectivity index is 1.62. The lowest BCUT2D eigenvalue weighted by Gasteiger charge is -2.54. The van der Waals surface area contributed by atoms with Gasteiger partial charge in [0.1, 0.15) is 5.75 Å². The number of ether oxygens (including phenoxy) is 2. The van der Waals surface area contributed by atoms with Gasteiger partial charge in [0.2, 0.25) is 0 Å². The van der Waals surface area contributed by atoms with Crippen molar-refractivity contribution in [2.24, 2.45) is 5.92 Å². The molecule has 1 fully saturated rings. The van der Waals surface area contributed by atoms with Gasteiger partial charge in [0.05, 0.1) is 19.8 Å². The molecule has 1 N–H and O–H groups in total. The average molecular weight is 389 g/mol. The molecule has 0 radical (unpaired) electrons. The summed E-state index contributed by atoms with van der Waals surface area (Å²) < 4.78 is 10.8.